The quantitative estimate of drug-likeness (QED) is 0.584. The molecule has 154 valence electrons. The molecule has 2 aromatic rings. The summed E-state index contributed by atoms with van der Waals surface area (Å²) in [5.74, 6) is -0.484. The summed E-state index contributed by atoms with van der Waals surface area (Å²) in [6.07, 6.45) is -0.723. The van der Waals surface area contributed by atoms with E-state index in [1.807, 2.05) is 4.90 Å². The average Bonchev–Trinajstić information content (AvgIpc) is 3.06. The highest BCUT2D eigenvalue weighted by molar-refractivity contribution is 9.11. The van der Waals surface area contributed by atoms with Crippen LogP contribution in [0, 0.1) is 0 Å². The first-order valence-electron chi connectivity index (χ1n) is 8.67. The molecule has 3 amide bonds. The van der Waals surface area contributed by atoms with Gasteiger partial charge in [0.15, 0.2) is 5.06 Å². The summed E-state index contributed by atoms with van der Waals surface area (Å²) in [7, 11) is 0. The lowest BCUT2D eigenvalue weighted by Crippen LogP contribution is -2.47. The van der Waals surface area contributed by atoms with Crippen molar-refractivity contribution < 1.29 is 19.1 Å². The third kappa shape index (κ3) is 5.84. The zero-order valence-corrected chi connectivity index (χ0v) is 18.5. The molecule has 11 heteroatoms. The monoisotopic (exact) mass is 500 g/mol. The molecule has 1 aromatic heterocycles. The first-order chi connectivity index (χ1) is 13.8. The number of nitrogens with one attached hydrogen (secondary N) is 3. The lowest BCUT2D eigenvalue weighted by molar-refractivity contribution is -0.120. The van der Waals surface area contributed by atoms with Crippen LogP contribution in [0.25, 0.3) is 0 Å². The number of amides is 3. The predicted octanol–water partition coefficient (Wildman–Crippen LogP) is 3.22. The summed E-state index contributed by atoms with van der Waals surface area (Å²) in [5.41, 5.74) is 1.20. The lowest BCUT2D eigenvalue weighted by Gasteiger charge is -2.29. The molecule has 29 heavy (non-hydrogen) atoms. The molecule has 1 fully saturated rings. The third-order valence-corrected chi connectivity index (χ3v) is 5.87. The van der Waals surface area contributed by atoms with Crippen LogP contribution in [-0.2, 0) is 9.59 Å². The van der Waals surface area contributed by atoms with Gasteiger partial charge in [-0.1, -0.05) is 22.9 Å². The van der Waals surface area contributed by atoms with E-state index in [4.69, 9.17) is 16.3 Å². The molecule has 0 radical (unpaired) electrons. The number of carbonyl (C=O) groups excluding carboxylic acids is 3. The largest absolute Gasteiger partial charge is 0.414 e. The fraction of sp³-hybridized carbons (Fsp3) is 0.278. The van der Waals surface area contributed by atoms with Crippen molar-refractivity contribution in [2.45, 2.75) is 13.0 Å². The summed E-state index contributed by atoms with van der Waals surface area (Å²) in [6.45, 7) is 2.98. The summed E-state index contributed by atoms with van der Waals surface area (Å²) < 4.78 is 5.95. The Bertz CT molecular complexity index is 938. The van der Waals surface area contributed by atoms with E-state index in [1.165, 1.54) is 11.3 Å². The van der Waals surface area contributed by atoms with Crippen molar-refractivity contribution in [3.8, 4) is 5.06 Å². The topological polar surface area (TPSA) is 99.8 Å². The molecular formula is C18H18BrClN4O4S. The smallest absolute Gasteiger partial charge is 0.399 e. The van der Waals surface area contributed by atoms with Crippen LogP contribution in [0.5, 0.6) is 5.06 Å². The van der Waals surface area contributed by atoms with E-state index in [-0.39, 0.29) is 12.5 Å². The number of ether oxygens (including phenoxy) is 1. The van der Waals surface area contributed by atoms with Crippen molar-refractivity contribution in [1.82, 2.24) is 10.6 Å². The normalized spacial score (nSPS) is 14.7. The Kier molecular flexibility index (Phi) is 6.99. The number of nitrogens with zero attached hydrogens (tertiary/aromatic N) is 1. The van der Waals surface area contributed by atoms with Crippen molar-refractivity contribution >= 4 is 68.2 Å². The van der Waals surface area contributed by atoms with Gasteiger partial charge in [-0.3, -0.25) is 9.59 Å². The van der Waals surface area contributed by atoms with Crippen LogP contribution in [0.2, 0.25) is 5.02 Å². The van der Waals surface area contributed by atoms with Crippen molar-refractivity contribution in [2.24, 2.45) is 0 Å². The highest BCUT2D eigenvalue weighted by atomic mass is 79.9. The van der Waals surface area contributed by atoms with E-state index in [2.05, 4.69) is 31.9 Å². The predicted molar refractivity (Wildman–Crippen MR) is 116 cm³/mol. The number of rotatable bonds is 5. The number of thiophene rings is 1. The van der Waals surface area contributed by atoms with Crippen molar-refractivity contribution in [1.29, 1.82) is 0 Å². The second-order valence-electron chi connectivity index (χ2n) is 6.24. The van der Waals surface area contributed by atoms with E-state index < -0.39 is 18.0 Å². The minimum absolute atomic E-state index is 0.0635. The molecule has 8 nitrogen and oxygen atoms in total. The number of benzene rings is 1. The van der Waals surface area contributed by atoms with Gasteiger partial charge in [0.2, 0.25) is 11.8 Å². The van der Waals surface area contributed by atoms with Crippen molar-refractivity contribution in [3.05, 3.63) is 39.1 Å². The van der Waals surface area contributed by atoms with Crippen LogP contribution in [0.4, 0.5) is 16.2 Å². The van der Waals surface area contributed by atoms with Crippen molar-refractivity contribution in [2.75, 3.05) is 29.9 Å². The van der Waals surface area contributed by atoms with Crippen LogP contribution in [0.3, 0.4) is 0 Å². The van der Waals surface area contributed by atoms with Gasteiger partial charge in [0.05, 0.1) is 21.0 Å². The maximum atomic E-state index is 12.4. The van der Waals surface area contributed by atoms with E-state index in [1.54, 1.807) is 37.3 Å². The van der Waals surface area contributed by atoms with Crippen molar-refractivity contribution in [3.63, 3.8) is 0 Å². The molecule has 2 heterocycles. The van der Waals surface area contributed by atoms with E-state index >= 15 is 0 Å². The van der Waals surface area contributed by atoms with E-state index in [9.17, 15) is 14.4 Å². The molecule has 1 aliphatic rings. The zero-order chi connectivity index (χ0) is 21.0. The molecule has 1 saturated heterocycles. The SMILES string of the molecule is CC(NC(=O)Oc1ccc(Br)s1)C(=O)Nc1ccc(N2CCNC(=O)C2)c(Cl)c1. The Balaban J connectivity index is 1.56. The molecule has 1 aromatic carbocycles. The molecule has 0 bridgehead atoms. The minimum Gasteiger partial charge on any atom is -0.399 e. The molecule has 1 aliphatic heterocycles. The van der Waals surface area contributed by atoms with Gasteiger partial charge in [0, 0.05) is 18.8 Å². The fourth-order valence-corrected chi connectivity index (χ4v) is 4.14. The molecule has 0 spiro atoms. The number of piperazine rings is 1. The van der Waals surface area contributed by atoms with Crippen LogP contribution in [0.15, 0.2) is 34.1 Å². The van der Waals surface area contributed by atoms with Gasteiger partial charge >= 0.3 is 6.09 Å². The second kappa shape index (κ2) is 9.47. The van der Waals surface area contributed by atoms with Crippen LogP contribution in [0.1, 0.15) is 6.92 Å². The minimum atomic E-state index is -0.824. The van der Waals surface area contributed by atoms with Crippen LogP contribution < -0.4 is 25.6 Å². The zero-order valence-electron chi connectivity index (χ0n) is 15.3. The second-order valence-corrected chi connectivity index (χ2v) is 9.07. The Morgan fingerprint density at radius 3 is 2.79 bits per heavy atom. The molecule has 3 N–H and O–H groups in total. The average molecular weight is 502 g/mol. The fourth-order valence-electron chi connectivity index (χ4n) is 2.65. The maximum Gasteiger partial charge on any atom is 0.414 e. The number of anilines is 2. The van der Waals surface area contributed by atoms with Gasteiger partial charge in [0.1, 0.15) is 6.04 Å². The third-order valence-electron chi connectivity index (χ3n) is 4.06. The van der Waals surface area contributed by atoms with Crippen LogP contribution in [-0.4, -0.2) is 43.6 Å². The first-order valence-corrected chi connectivity index (χ1v) is 10.7. The summed E-state index contributed by atoms with van der Waals surface area (Å²) in [4.78, 5) is 37.7. The lowest BCUT2D eigenvalue weighted by atomic mass is 10.2. The van der Waals surface area contributed by atoms with Crippen LogP contribution >= 0.6 is 38.9 Å². The number of hydrogen-bond acceptors (Lipinski definition) is 6. The van der Waals surface area contributed by atoms with Gasteiger partial charge in [-0.05, 0) is 53.2 Å². The molecule has 3 rings (SSSR count). The van der Waals surface area contributed by atoms with Gasteiger partial charge in [0.25, 0.3) is 0 Å². The highest BCUT2D eigenvalue weighted by Gasteiger charge is 2.20. The first kappa shape index (κ1) is 21.4. The highest BCUT2D eigenvalue weighted by Crippen LogP contribution is 2.30. The Hall–Kier alpha value is -2.30. The van der Waals surface area contributed by atoms with Gasteiger partial charge in [-0.25, -0.2) is 4.79 Å². The molecule has 1 atom stereocenters. The van der Waals surface area contributed by atoms with E-state index in [0.29, 0.717) is 28.9 Å². The molecule has 1 unspecified atom stereocenters. The standard InChI is InChI=1S/C18H18BrClN4O4S/c1-10(22-18(27)28-16-5-4-14(19)29-16)17(26)23-11-2-3-13(12(20)8-11)24-7-6-21-15(25)9-24/h2-5,8,10H,6-7,9H2,1H3,(H,21,25)(H,22,27)(H,23,26). The Labute approximate surface area is 184 Å². The van der Waals surface area contributed by atoms with Gasteiger partial charge in [-0.2, -0.15) is 0 Å². The Morgan fingerprint density at radius 2 is 2.14 bits per heavy atom. The summed E-state index contributed by atoms with van der Waals surface area (Å²) in [5, 5.41) is 8.76. The Morgan fingerprint density at radius 1 is 1.34 bits per heavy atom. The molecular weight excluding hydrogens is 484 g/mol. The molecule has 0 saturated carbocycles. The number of hydrogen-bond donors (Lipinski definition) is 3. The molecule has 0 aliphatic carbocycles. The van der Waals surface area contributed by atoms with E-state index in [0.717, 1.165) is 9.47 Å². The summed E-state index contributed by atoms with van der Waals surface area (Å²) in [6, 6.07) is 7.63. The number of halogens is 2. The van der Waals surface area contributed by atoms with Gasteiger partial charge in [-0.15, -0.1) is 0 Å². The number of carbonyl (C=O) groups is 3. The summed E-state index contributed by atoms with van der Waals surface area (Å²) >= 11 is 10.9. The maximum absolute atomic E-state index is 12.4. The van der Waals surface area contributed by atoms with Gasteiger partial charge < -0.3 is 25.6 Å².